The summed E-state index contributed by atoms with van der Waals surface area (Å²) in [6.07, 6.45) is 1.79. The summed E-state index contributed by atoms with van der Waals surface area (Å²) in [4.78, 5) is 12.7. The lowest BCUT2D eigenvalue weighted by Crippen LogP contribution is -2.33. The van der Waals surface area contributed by atoms with Crippen molar-refractivity contribution in [3.63, 3.8) is 0 Å². The number of nitrogens with one attached hydrogen (secondary N) is 1. The van der Waals surface area contributed by atoms with Gasteiger partial charge < -0.3 is 10.1 Å². The molecule has 0 bridgehead atoms. The van der Waals surface area contributed by atoms with Gasteiger partial charge in [0, 0.05) is 6.54 Å². The molecule has 2 aromatic carbocycles. The van der Waals surface area contributed by atoms with Crippen molar-refractivity contribution in [3.05, 3.63) is 72.8 Å². The molecule has 30 heavy (non-hydrogen) atoms. The van der Waals surface area contributed by atoms with Crippen molar-refractivity contribution in [1.29, 1.82) is 0 Å². The van der Waals surface area contributed by atoms with Crippen molar-refractivity contribution in [2.75, 3.05) is 7.11 Å². The number of aromatic nitrogens is 3. The summed E-state index contributed by atoms with van der Waals surface area (Å²) in [5.41, 5.74) is 1.91. The van der Waals surface area contributed by atoms with Crippen molar-refractivity contribution in [2.24, 2.45) is 0 Å². The van der Waals surface area contributed by atoms with E-state index in [2.05, 4.69) is 22.1 Å². The third kappa shape index (κ3) is 4.91. The summed E-state index contributed by atoms with van der Waals surface area (Å²) < 4.78 is 7.41. The Kier molecular flexibility index (Phi) is 7.30. The maximum absolute atomic E-state index is 12.7. The quantitative estimate of drug-likeness (QED) is 0.406. The SMILES string of the molecule is C=CCn1c(SC(C)C(=O)NC(C)c2ccccc2)nnc1-c1ccccc1OC. The maximum atomic E-state index is 12.7. The van der Waals surface area contributed by atoms with E-state index in [0.717, 1.165) is 11.1 Å². The number of ether oxygens (including phenoxy) is 1. The van der Waals surface area contributed by atoms with Crippen molar-refractivity contribution >= 4 is 17.7 Å². The lowest BCUT2D eigenvalue weighted by atomic mass is 10.1. The van der Waals surface area contributed by atoms with Crippen molar-refractivity contribution in [2.45, 2.75) is 36.8 Å². The van der Waals surface area contributed by atoms with Gasteiger partial charge in [-0.1, -0.05) is 60.3 Å². The number of carbonyl (C=O) groups excluding carboxylic acids is 1. The normalized spacial score (nSPS) is 12.8. The smallest absolute Gasteiger partial charge is 0.233 e. The van der Waals surface area contributed by atoms with Crippen LogP contribution in [0.2, 0.25) is 0 Å². The predicted octanol–water partition coefficient (Wildman–Crippen LogP) is 4.50. The highest BCUT2D eigenvalue weighted by molar-refractivity contribution is 8.00. The van der Waals surface area contributed by atoms with Crippen LogP contribution in [-0.2, 0) is 11.3 Å². The Morgan fingerprint density at radius 1 is 1.17 bits per heavy atom. The first-order valence-corrected chi connectivity index (χ1v) is 10.6. The average molecular weight is 423 g/mol. The highest BCUT2D eigenvalue weighted by Crippen LogP contribution is 2.32. The van der Waals surface area contributed by atoms with Gasteiger partial charge in [0.2, 0.25) is 5.91 Å². The molecule has 0 aliphatic heterocycles. The second-order valence-corrected chi connectivity index (χ2v) is 8.11. The van der Waals surface area contributed by atoms with Gasteiger partial charge in [0.05, 0.1) is 24.0 Å². The fraction of sp³-hybridized carbons (Fsp3) is 0.261. The molecule has 1 aromatic heterocycles. The zero-order chi connectivity index (χ0) is 21.5. The molecule has 0 spiro atoms. The molecule has 1 heterocycles. The molecular weight excluding hydrogens is 396 g/mol. The van der Waals surface area contributed by atoms with Gasteiger partial charge in [0.25, 0.3) is 0 Å². The Labute approximate surface area is 181 Å². The van der Waals surface area contributed by atoms with Gasteiger partial charge in [-0.15, -0.1) is 16.8 Å². The molecule has 0 fully saturated rings. The number of carbonyl (C=O) groups is 1. The number of nitrogens with zero attached hydrogens (tertiary/aromatic N) is 3. The van der Waals surface area contributed by atoms with E-state index in [4.69, 9.17) is 4.74 Å². The topological polar surface area (TPSA) is 69.0 Å². The number of allylic oxidation sites excluding steroid dienone is 1. The Morgan fingerprint density at radius 3 is 2.57 bits per heavy atom. The number of hydrogen-bond donors (Lipinski definition) is 1. The lowest BCUT2D eigenvalue weighted by molar-refractivity contribution is -0.120. The lowest BCUT2D eigenvalue weighted by Gasteiger charge is -2.18. The molecule has 0 aliphatic rings. The number of amides is 1. The molecule has 2 unspecified atom stereocenters. The molecular formula is C23H26N4O2S. The minimum Gasteiger partial charge on any atom is -0.496 e. The van der Waals surface area contributed by atoms with Crippen molar-refractivity contribution < 1.29 is 9.53 Å². The zero-order valence-corrected chi connectivity index (χ0v) is 18.2. The standard InChI is InChI=1S/C23H26N4O2S/c1-5-15-27-21(19-13-9-10-14-20(19)29-4)25-26-23(27)30-17(3)22(28)24-16(2)18-11-7-6-8-12-18/h5-14,16-17H,1,15H2,2-4H3,(H,24,28). The van der Waals surface area contributed by atoms with Gasteiger partial charge in [-0.25, -0.2) is 0 Å². The van der Waals surface area contributed by atoms with Crippen LogP contribution in [0.25, 0.3) is 11.4 Å². The maximum Gasteiger partial charge on any atom is 0.233 e. The second-order valence-electron chi connectivity index (χ2n) is 6.81. The number of rotatable bonds is 9. The number of benzene rings is 2. The van der Waals surface area contributed by atoms with Gasteiger partial charge >= 0.3 is 0 Å². The molecule has 6 nitrogen and oxygen atoms in total. The van der Waals surface area contributed by atoms with Gasteiger partial charge in [-0.2, -0.15) is 0 Å². The number of thioether (sulfide) groups is 1. The molecule has 3 rings (SSSR count). The van der Waals surface area contributed by atoms with Crippen LogP contribution in [0.15, 0.2) is 72.4 Å². The molecule has 0 aliphatic carbocycles. The zero-order valence-electron chi connectivity index (χ0n) is 17.4. The Morgan fingerprint density at radius 2 is 1.87 bits per heavy atom. The Balaban J connectivity index is 1.78. The molecule has 0 saturated carbocycles. The first-order chi connectivity index (χ1) is 14.5. The summed E-state index contributed by atoms with van der Waals surface area (Å²) in [6, 6.07) is 17.5. The molecule has 3 aromatic rings. The summed E-state index contributed by atoms with van der Waals surface area (Å²) >= 11 is 1.37. The minimum absolute atomic E-state index is 0.0525. The van der Waals surface area contributed by atoms with Crippen LogP contribution >= 0.6 is 11.8 Å². The van der Waals surface area contributed by atoms with Crippen molar-refractivity contribution in [3.8, 4) is 17.1 Å². The minimum atomic E-state index is -0.338. The van der Waals surface area contributed by atoms with E-state index in [0.29, 0.717) is 23.3 Å². The van der Waals surface area contributed by atoms with Crippen LogP contribution in [0, 0.1) is 0 Å². The Bertz CT molecular complexity index is 1000. The van der Waals surface area contributed by atoms with E-state index < -0.39 is 0 Å². The monoisotopic (exact) mass is 422 g/mol. The van der Waals surface area contributed by atoms with Gasteiger partial charge in [-0.05, 0) is 31.5 Å². The highest BCUT2D eigenvalue weighted by atomic mass is 32.2. The van der Waals surface area contributed by atoms with Crippen LogP contribution < -0.4 is 10.1 Å². The van der Waals surface area contributed by atoms with Crippen LogP contribution in [0.5, 0.6) is 5.75 Å². The molecule has 156 valence electrons. The van der Waals surface area contributed by atoms with E-state index in [1.165, 1.54) is 11.8 Å². The molecule has 0 radical (unpaired) electrons. The first kappa shape index (κ1) is 21.6. The fourth-order valence-electron chi connectivity index (χ4n) is 3.07. The number of methoxy groups -OCH3 is 1. The molecule has 2 atom stereocenters. The summed E-state index contributed by atoms with van der Waals surface area (Å²) in [7, 11) is 1.63. The van der Waals surface area contributed by atoms with Crippen LogP contribution in [0.1, 0.15) is 25.5 Å². The second kappa shape index (κ2) is 10.1. The van der Waals surface area contributed by atoms with E-state index in [9.17, 15) is 4.79 Å². The predicted molar refractivity (Wildman–Crippen MR) is 121 cm³/mol. The summed E-state index contributed by atoms with van der Waals surface area (Å²) in [5.74, 6) is 1.35. The molecule has 1 amide bonds. The number of hydrogen-bond acceptors (Lipinski definition) is 5. The largest absolute Gasteiger partial charge is 0.496 e. The summed E-state index contributed by atoms with van der Waals surface area (Å²) in [6.45, 7) is 8.22. The van der Waals surface area contributed by atoms with Gasteiger partial charge in [0.15, 0.2) is 11.0 Å². The Hall–Kier alpha value is -3.06. The highest BCUT2D eigenvalue weighted by Gasteiger charge is 2.22. The average Bonchev–Trinajstić information content (AvgIpc) is 3.16. The first-order valence-electron chi connectivity index (χ1n) is 9.74. The third-order valence-corrected chi connectivity index (χ3v) is 5.77. The summed E-state index contributed by atoms with van der Waals surface area (Å²) in [5, 5.41) is 12.1. The number of para-hydroxylation sites is 1. The van der Waals surface area contributed by atoms with Gasteiger partial charge in [0.1, 0.15) is 5.75 Å². The van der Waals surface area contributed by atoms with Gasteiger partial charge in [-0.3, -0.25) is 9.36 Å². The third-order valence-electron chi connectivity index (χ3n) is 4.69. The fourth-order valence-corrected chi connectivity index (χ4v) is 3.93. The van der Waals surface area contributed by atoms with Crippen LogP contribution in [0.3, 0.4) is 0 Å². The molecule has 1 N–H and O–H groups in total. The molecule has 7 heteroatoms. The van der Waals surface area contributed by atoms with Crippen LogP contribution in [-0.4, -0.2) is 33.0 Å². The van der Waals surface area contributed by atoms with E-state index in [-0.39, 0.29) is 17.2 Å². The van der Waals surface area contributed by atoms with E-state index in [1.807, 2.05) is 73.0 Å². The van der Waals surface area contributed by atoms with Crippen molar-refractivity contribution in [1.82, 2.24) is 20.1 Å². The van der Waals surface area contributed by atoms with E-state index in [1.54, 1.807) is 13.2 Å². The molecule has 0 saturated heterocycles. The van der Waals surface area contributed by atoms with E-state index >= 15 is 0 Å². The van der Waals surface area contributed by atoms with Crippen LogP contribution in [0.4, 0.5) is 0 Å².